The zero-order valence-corrected chi connectivity index (χ0v) is 28.2. The third-order valence-electron chi connectivity index (χ3n) is 8.68. The second kappa shape index (κ2) is 15.0. The molecule has 2 heterocycles. The normalized spacial score (nSPS) is 13.0. The van der Waals surface area contributed by atoms with Gasteiger partial charge in [0.25, 0.3) is 5.91 Å². The number of carboxylic acid groups (broad SMARTS) is 1. The maximum Gasteiger partial charge on any atom is 0.345 e. The number of methoxy groups -OCH3 is 1. The number of aliphatic hydroxyl groups is 2. The topological polar surface area (TPSA) is 181 Å². The third-order valence-corrected chi connectivity index (χ3v) is 9.62. The van der Waals surface area contributed by atoms with Gasteiger partial charge in [0.05, 0.1) is 25.3 Å². The van der Waals surface area contributed by atoms with Gasteiger partial charge in [-0.15, -0.1) is 11.3 Å². The summed E-state index contributed by atoms with van der Waals surface area (Å²) in [5.41, 5.74) is 1.70. The van der Waals surface area contributed by atoms with Crippen LogP contribution in [0.15, 0.2) is 113 Å². The Balaban J connectivity index is 1.05. The third kappa shape index (κ3) is 7.39. The summed E-state index contributed by atoms with van der Waals surface area (Å²) in [4.78, 5) is 40.4. The molecule has 7 N–H and O–H groups in total. The lowest BCUT2D eigenvalue weighted by molar-refractivity contribution is -0.155. The number of fused-ring (bicyclic) bond motifs is 1. The first-order chi connectivity index (χ1) is 24.6. The molecule has 0 aliphatic heterocycles. The van der Waals surface area contributed by atoms with Gasteiger partial charge in [-0.05, 0) is 63.5 Å². The molecule has 0 saturated carbocycles. The lowest BCUT2D eigenvalue weighted by Crippen LogP contribution is -2.36. The number of aromatic hydroxyl groups is 1. The second-order valence-corrected chi connectivity index (χ2v) is 12.9. The van der Waals surface area contributed by atoms with Crippen LogP contribution >= 0.6 is 11.3 Å². The molecule has 2 aromatic heterocycles. The SMILES string of the molecule is COc1cc(C(=O)NCc2cc(-c3ccc(C(O)(C(=O)O)c4ccccc4)cc3)cs2)ccc1CNCC(O)c1ccc(O)c2[nH]c(=O)ccc12. The molecule has 51 heavy (non-hydrogen) atoms. The van der Waals surface area contributed by atoms with Crippen molar-refractivity contribution in [2.45, 2.75) is 24.8 Å². The lowest BCUT2D eigenvalue weighted by Gasteiger charge is -2.24. The summed E-state index contributed by atoms with van der Waals surface area (Å²) in [6, 6.07) is 28.0. The van der Waals surface area contributed by atoms with Crippen molar-refractivity contribution in [3.8, 4) is 22.6 Å². The summed E-state index contributed by atoms with van der Waals surface area (Å²) < 4.78 is 5.55. The number of aromatic nitrogens is 1. The van der Waals surface area contributed by atoms with Crippen LogP contribution in [0.1, 0.15) is 43.6 Å². The summed E-state index contributed by atoms with van der Waals surface area (Å²) >= 11 is 1.48. The van der Waals surface area contributed by atoms with Crippen LogP contribution in [0.2, 0.25) is 0 Å². The molecule has 12 heteroatoms. The predicted molar refractivity (Wildman–Crippen MR) is 194 cm³/mol. The molecule has 0 radical (unpaired) electrons. The van der Waals surface area contributed by atoms with Crippen molar-refractivity contribution in [3.63, 3.8) is 0 Å². The molecular formula is C39H35N3O8S. The van der Waals surface area contributed by atoms with E-state index in [1.54, 1.807) is 84.9 Å². The molecule has 6 rings (SSSR count). The molecule has 0 aliphatic carbocycles. The summed E-state index contributed by atoms with van der Waals surface area (Å²) in [5.74, 6) is -1.23. The zero-order valence-electron chi connectivity index (χ0n) is 27.4. The number of aromatic amines is 1. The van der Waals surface area contributed by atoms with Gasteiger partial charge in [0.1, 0.15) is 11.5 Å². The van der Waals surface area contributed by atoms with Gasteiger partial charge >= 0.3 is 5.97 Å². The molecule has 0 bridgehead atoms. The summed E-state index contributed by atoms with van der Waals surface area (Å²) in [7, 11) is 1.52. The highest BCUT2D eigenvalue weighted by Crippen LogP contribution is 2.33. The van der Waals surface area contributed by atoms with Crippen LogP contribution in [-0.4, -0.2) is 50.9 Å². The highest BCUT2D eigenvalue weighted by Gasteiger charge is 2.40. The lowest BCUT2D eigenvalue weighted by atomic mass is 9.86. The van der Waals surface area contributed by atoms with Crippen LogP contribution in [0.4, 0.5) is 0 Å². The number of aliphatic hydroxyl groups excluding tert-OH is 1. The minimum atomic E-state index is -2.18. The van der Waals surface area contributed by atoms with Gasteiger partial charge < -0.3 is 40.8 Å². The fraction of sp³-hybridized carbons (Fsp3) is 0.154. The van der Waals surface area contributed by atoms with Gasteiger partial charge in [-0.25, -0.2) is 4.79 Å². The zero-order chi connectivity index (χ0) is 36.1. The van der Waals surface area contributed by atoms with Crippen LogP contribution in [0.25, 0.3) is 22.0 Å². The van der Waals surface area contributed by atoms with E-state index in [9.17, 15) is 34.8 Å². The van der Waals surface area contributed by atoms with Gasteiger partial charge in [-0.3, -0.25) is 9.59 Å². The number of carboxylic acids is 1. The fourth-order valence-corrected chi connectivity index (χ4v) is 6.76. The number of ether oxygens (including phenoxy) is 1. The number of rotatable bonds is 13. The van der Waals surface area contributed by atoms with E-state index in [-0.39, 0.29) is 46.9 Å². The molecule has 0 fully saturated rings. The number of nitrogens with one attached hydrogen (secondary N) is 3. The number of phenols is 1. The second-order valence-electron chi connectivity index (χ2n) is 11.9. The van der Waals surface area contributed by atoms with Crippen molar-refractivity contribution in [3.05, 3.63) is 152 Å². The summed E-state index contributed by atoms with van der Waals surface area (Å²) in [6.45, 7) is 0.809. The first-order valence-corrected chi connectivity index (χ1v) is 16.8. The Morgan fingerprint density at radius 2 is 1.65 bits per heavy atom. The summed E-state index contributed by atoms with van der Waals surface area (Å²) in [6.07, 6.45) is -0.927. The average Bonchev–Trinajstić information content (AvgIpc) is 3.63. The Hall–Kier alpha value is -5.79. The number of pyridine rings is 1. The standard InChI is InChI=1S/C39H35N3O8S/c1-50-34-18-24(7-8-25(34)19-40-21-33(44)30-13-15-32(43)36-31(30)14-16-35(45)42-36)37(46)41-20-29-17-26(22-51-29)23-9-11-28(12-10-23)39(49,38(47)48)27-5-3-2-4-6-27/h2-18,22,33,40,43-44,49H,19-21H2,1H3,(H,41,46)(H,42,45)(H,47,48). The Bertz CT molecular complexity index is 2250. The number of hydrogen-bond donors (Lipinski definition) is 7. The smallest absolute Gasteiger partial charge is 0.345 e. The maximum absolute atomic E-state index is 13.1. The molecule has 0 saturated heterocycles. The molecule has 2 unspecified atom stereocenters. The van der Waals surface area contributed by atoms with Crippen LogP contribution < -0.4 is 20.9 Å². The van der Waals surface area contributed by atoms with Gasteiger partial charge in [0.2, 0.25) is 11.2 Å². The van der Waals surface area contributed by atoms with Crippen molar-refractivity contribution in [1.29, 1.82) is 0 Å². The van der Waals surface area contributed by atoms with Crippen molar-refractivity contribution in [1.82, 2.24) is 15.6 Å². The Labute approximate surface area is 296 Å². The predicted octanol–water partition coefficient (Wildman–Crippen LogP) is 5.04. The Kier molecular flexibility index (Phi) is 10.3. The van der Waals surface area contributed by atoms with Gasteiger partial charge in [0, 0.05) is 40.5 Å². The monoisotopic (exact) mass is 705 g/mol. The molecule has 0 spiro atoms. The molecule has 4 aromatic carbocycles. The summed E-state index contributed by atoms with van der Waals surface area (Å²) in [5, 5.41) is 50.6. The first kappa shape index (κ1) is 35.1. The van der Waals surface area contributed by atoms with Crippen LogP contribution in [0.5, 0.6) is 11.5 Å². The number of carbonyl (C=O) groups excluding carboxylic acids is 1. The Morgan fingerprint density at radius 1 is 0.902 bits per heavy atom. The van der Waals surface area contributed by atoms with Crippen LogP contribution in [-0.2, 0) is 23.5 Å². The molecule has 1 amide bonds. The molecular weight excluding hydrogens is 671 g/mol. The van der Waals surface area contributed by atoms with Crippen molar-refractivity contribution >= 4 is 34.1 Å². The van der Waals surface area contributed by atoms with E-state index < -0.39 is 17.7 Å². The molecule has 6 aromatic rings. The van der Waals surface area contributed by atoms with E-state index in [1.165, 1.54) is 30.6 Å². The molecule has 11 nitrogen and oxygen atoms in total. The van der Waals surface area contributed by atoms with Crippen molar-refractivity contribution < 1.29 is 34.8 Å². The highest BCUT2D eigenvalue weighted by molar-refractivity contribution is 7.10. The highest BCUT2D eigenvalue weighted by atomic mass is 32.1. The molecule has 260 valence electrons. The number of amides is 1. The van der Waals surface area contributed by atoms with E-state index in [1.807, 2.05) is 11.4 Å². The average molecular weight is 706 g/mol. The van der Waals surface area contributed by atoms with Crippen LogP contribution in [0.3, 0.4) is 0 Å². The quantitative estimate of drug-likeness (QED) is 0.0866. The van der Waals surface area contributed by atoms with E-state index in [4.69, 9.17) is 4.74 Å². The number of aliphatic carboxylic acids is 1. The fourth-order valence-electron chi connectivity index (χ4n) is 5.93. The largest absolute Gasteiger partial charge is 0.506 e. The minimum absolute atomic E-state index is 0.0816. The van der Waals surface area contributed by atoms with Gasteiger partial charge in [0.15, 0.2) is 0 Å². The van der Waals surface area contributed by atoms with E-state index in [2.05, 4.69) is 15.6 Å². The molecule has 2 atom stereocenters. The number of H-pyrrole nitrogens is 1. The number of benzene rings is 4. The van der Waals surface area contributed by atoms with Crippen molar-refractivity contribution in [2.75, 3.05) is 13.7 Å². The van der Waals surface area contributed by atoms with Gasteiger partial charge in [-0.1, -0.05) is 66.7 Å². The minimum Gasteiger partial charge on any atom is -0.506 e. The van der Waals surface area contributed by atoms with E-state index in [0.29, 0.717) is 28.8 Å². The number of carbonyl (C=O) groups is 2. The number of hydrogen-bond acceptors (Lipinski definition) is 9. The molecule has 0 aliphatic rings. The maximum atomic E-state index is 13.1. The van der Waals surface area contributed by atoms with E-state index >= 15 is 0 Å². The number of phenolic OH excluding ortho intramolecular Hbond substituents is 1. The first-order valence-electron chi connectivity index (χ1n) is 16.0. The van der Waals surface area contributed by atoms with Crippen molar-refractivity contribution in [2.24, 2.45) is 0 Å². The number of thiophene rings is 1. The Morgan fingerprint density at radius 3 is 2.37 bits per heavy atom. The van der Waals surface area contributed by atoms with E-state index in [0.717, 1.165) is 21.6 Å². The van der Waals surface area contributed by atoms with Gasteiger partial charge in [-0.2, -0.15) is 0 Å². The van der Waals surface area contributed by atoms with Crippen LogP contribution in [0, 0.1) is 0 Å².